The first kappa shape index (κ1) is 25.0. The molecule has 1 saturated heterocycles. The van der Waals surface area contributed by atoms with Crippen molar-refractivity contribution in [2.75, 3.05) is 20.3 Å². The number of esters is 1. The van der Waals surface area contributed by atoms with Crippen molar-refractivity contribution in [2.24, 2.45) is 5.92 Å². The molecular weight excluding hydrogens is 430 g/mol. The van der Waals surface area contributed by atoms with Gasteiger partial charge in [-0.05, 0) is 25.3 Å². The molecule has 8 heteroatoms. The van der Waals surface area contributed by atoms with E-state index in [0.29, 0.717) is 17.9 Å². The molecule has 0 bridgehead atoms. The summed E-state index contributed by atoms with van der Waals surface area (Å²) < 4.78 is 10.6. The number of hydrogen-bond donors (Lipinski definition) is 2. The second kappa shape index (κ2) is 12.0. The Kier molecular flexibility index (Phi) is 9.40. The second-order valence-electron chi connectivity index (χ2n) is 8.63. The molecule has 2 aliphatic heterocycles. The summed E-state index contributed by atoms with van der Waals surface area (Å²) in [6.07, 6.45) is 12.1. The van der Waals surface area contributed by atoms with Crippen molar-refractivity contribution in [1.29, 1.82) is 0 Å². The van der Waals surface area contributed by atoms with Gasteiger partial charge in [-0.2, -0.15) is 0 Å². The van der Waals surface area contributed by atoms with Crippen LogP contribution in [0.25, 0.3) is 0 Å². The van der Waals surface area contributed by atoms with Crippen LogP contribution in [0, 0.1) is 5.92 Å². The summed E-state index contributed by atoms with van der Waals surface area (Å²) in [4.78, 5) is 26.4. The van der Waals surface area contributed by atoms with Gasteiger partial charge < -0.3 is 24.6 Å². The predicted molar refractivity (Wildman–Crippen MR) is 124 cm³/mol. The van der Waals surface area contributed by atoms with Crippen molar-refractivity contribution in [3.05, 3.63) is 34.9 Å². The number of hydrogen-bond acceptors (Lipinski definition) is 7. The molecule has 1 amide bonds. The number of carbonyl (C=O) groups excluding carboxylic acids is 2. The van der Waals surface area contributed by atoms with Crippen LogP contribution in [-0.2, 0) is 19.1 Å². The number of aliphatic hydroxyl groups is 2. The molecule has 32 heavy (non-hydrogen) atoms. The van der Waals surface area contributed by atoms with Crippen molar-refractivity contribution in [2.45, 2.75) is 75.4 Å². The van der Waals surface area contributed by atoms with E-state index >= 15 is 0 Å². The maximum Gasteiger partial charge on any atom is 0.344 e. The van der Waals surface area contributed by atoms with Gasteiger partial charge in [-0.15, -0.1) is 11.8 Å². The normalized spacial score (nSPS) is 28.6. The van der Waals surface area contributed by atoms with E-state index in [9.17, 15) is 19.8 Å². The molecule has 178 valence electrons. The van der Waals surface area contributed by atoms with Gasteiger partial charge >= 0.3 is 5.97 Å². The van der Waals surface area contributed by atoms with E-state index in [4.69, 9.17) is 9.47 Å². The molecule has 7 nitrogen and oxygen atoms in total. The van der Waals surface area contributed by atoms with Crippen LogP contribution in [0.5, 0.6) is 0 Å². The number of amides is 1. The molecule has 1 fully saturated rings. The third-order valence-corrected chi connectivity index (χ3v) is 7.51. The molecule has 5 atom stereocenters. The lowest BCUT2D eigenvalue weighted by molar-refractivity contribution is -0.135. The molecule has 1 aliphatic carbocycles. The Balaban J connectivity index is 1.50. The van der Waals surface area contributed by atoms with Crippen LogP contribution in [0.3, 0.4) is 0 Å². The molecule has 3 aliphatic rings. The largest absolute Gasteiger partial charge is 0.465 e. The van der Waals surface area contributed by atoms with Crippen LogP contribution >= 0.6 is 11.8 Å². The van der Waals surface area contributed by atoms with Gasteiger partial charge in [-0.1, -0.05) is 44.4 Å². The number of nitrogens with zero attached hydrogens (tertiary/aromatic N) is 1. The van der Waals surface area contributed by atoms with Gasteiger partial charge in [0.2, 0.25) is 5.91 Å². The lowest BCUT2D eigenvalue weighted by Crippen LogP contribution is -2.40. The molecule has 4 unspecified atom stereocenters. The van der Waals surface area contributed by atoms with E-state index in [1.54, 1.807) is 4.90 Å². The fourth-order valence-corrected chi connectivity index (χ4v) is 5.46. The van der Waals surface area contributed by atoms with E-state index in [2.05, 4.69) is 6.92 Å². The number of rotatable bonds is 11. The summed E-state index contributed by atoms with van der Waals surface area (Å²) in [6.45, 7) is 2.80. The number of allylic oxidation sites excluding steroid dienone is 3. The fourth-order valence-electron chi connectivity index (χ4n) is 4.37. The van der Waals surface area contributed by atoms with Gasteiger partial charge in [-0.3, -0.25) is 4.79 Å². The summed E-state index contributed by atoms with van der Waals surface area (Å²) in [5.41, 5.74) is 0.766. The summed E-state index contributed by atoms with van der Waals surface area (Å²) in [7, 11) is 1.37. The van der Waals surface area contributed by atoms with Crippen LogP contribution in [0.15, 0.2) is 34.9 Å². The summed E-state index contributed by atoms with van der Waals surface area (Å²) in [5, 5.41) is 21.0. The van der Waals surface area contributed by atoms with Gasteiger partial charge in [0, 0.05) is 16.9 Å². The zero-order valence-electron chi connectivity index (χ0n) is 18.9. The van der Waals surface area contributed by atoms with Crippen molar-refractivity contribution in [1.82, 2.24) is 4.90 Å². The van der Waals surface area contributed by atoms with Gasteiger partial charge in [0.05, 0.1) is 49.9 Å². The zero-order valence-corrected chi connectivity index (χ0v) is 19.8. The van der Waals surface area contributed by atoms with E-state index < -0.39 is 12.1 Å². The molecule has 0 spiro atoms. The number of ether oxygens (including phenoxy) is 2. The van der Waals surface area contributed by atoms with E-state index in [1.807, 2.05) is 24.3 Å². The standard InChI is InChI=1S/C24H35NO6S/c1-3-4-5-6-20(26)16-7-9-17(10-8-16)25-19(21(27)13-23(25)28)15-31-14-18-11-12-22(32-18)24(29)30-2/h7,9-10,12,16,18-21,26-27H,3-6,8,11,13-15H2,1-2H3/t16?,18?,19?,20?,21-/m0/s1. The minimum absolute atomic E-state index is 0.0591. The number of carbonyl (C=O) groups is 2. The zero-order chi connectivity index (χ0) is 23.1. The number of aliphatic hydroxyl groups excluding tert-OH is 2. The smallest absolute Gasteiger partial charge is 0.344 e. The Morgan fingerprint density at radius 1 is 1.28 bits per heavy atom. The van der Waals surface area contributed by atoms with Crippen molar-refractivity contribution in [3.8, 4) is 0 Å². The maximum absolute atomic E-state index is 12.6. The van der Waals surface area contributed by atoms with Crippen LogP contribution in [-0.4, -0.2) is 70.8 Å². The van der Waals surface area contributed by atoms with Crippen molar-refractivity contribution >= 4 is 23.6 Å². The highest BCUT2D eigenvalue weighted by atomic mass is 32.2. The SMILES string of the molecule is CCCCCC(O)C1C=CC(N2C(=O)C[C@H](O)C2COCC2CC=C(C(=O)OC)S2)=CC1. The third-order valence-electron chi connectivity index (χ3n) is 6.26. The molecule has 0 radical (unpaired) electrons. The van der Waals surface area contributed by atoms with Crippen LogP contribution in [0.2, 0.25) is 0 Å². The Morgan fingerprint density at radius 2 is 2.09 bits per heavy atom. The highest BCUT2D eigenvalue weighted by Crippen LogP contribution is 2.34. The van der Waals surface area contributed by atoms with Crippen molar-refractivity contribution < 1.29 is 29.3 Å². The Morgan fingerprint density at radius 3 is 2.78 bits per heavy atom. The average Bonchev–Trinajstić information content (AvgIpc) is 3.37. The monoisotopic (exact) mass is 465 g/mol. The summed E-state index contributed by atoms with van der Waals surface area (Å²) in [6, 6.07) is -0.441. The Hall–Kier alpha value is -1.61. The molecular formula is C24H35NO6S. The minimum Gasteiger partial charge on any atom is -0.465 e. The van der Waals surface area contributed by atoms with E-state index in [0.717, 1.165) is 37.8 Å². The van der Waals surface area contributed by atoms with Gasteiger partial charge in [0.15, 0.2) is 0 Å². The number of likely N-dealkylation sites (tertiary alicyclic amines) is 1. The molecule has 2 N–H and O–H groups in total. The van der Waals surface area contributed by atoms with E-state index in [1.165, 1.54) is 18.9 Å². The van der Waals surface area contributed by atoms with Gasteiger partial charge in [0.1, 0.15) is 0 Å². The Bertz CT molecular complexity index is 764. The summed E-state index contributed by atoms with van der Waals surface area (Å²) >= 11 is 1.44. The number of methoxy groups -OCH3 is 1. The molecule has 0 aromatic heterocycles. The summed E-state index contributed by atoms with van der Waals surface area (Å²) in [5.74, 6) is -0.386. The maximum atomic E-state index is 12.6. The van der Waals surface area contributed by atoms with Gasteiger partial charge in [-0.25, -0.2) is 4.79 Å². The van der Waals surface area contributed by atoms with Crippen LogP contribution in [0.4, 0.5) is 0 Å². The first-order valence-corrected chi connectivity index (χ1v) is 12.4. The third kappa shape index (κ3) is 6.25. The molecule has 0 aromatic rings. The number of thioether (sulfide) groups is 1. The molecule has 0 saturated carbocycles. The molecule has 0 aromatic carbocycles. The van der Waals surface area contributed by atoms with E-state index in [-0.39, 0.29) is 42.2 Å². The Labute approximate surface area is 194 Å². The molecule has 2 heterocycles. The highest BCUT2D eigenvalue weighted by molar-refractivity contribution is 8.04. The second-order valence-corrected chi connectivity index (χ2v) is 9.97. The average molecular weight is 466 g/mol. The van der Waals surface area contributed by atoms with Gasteiger partial charge in [0.25, 0.3) is 0 Å². The fraction of sp³-hybridized carbons (Fsp3) is 0.667. The lowest BCUT2D eigenvalue weighted by Gasteiger charge is -2.30. The first-order valence-electron chi connectivity index (χ1n) is 11.5. The topological polar surface area (TPSA) is 96.3 Å². The molecule has 3 rings (SSSR count). The first-order chi connectivity index (χ1) is 15.4. The highest BCUT2D eigenvalue weighted by Gasteiger charge is 2.41. The minimum atomic E-state index is -0.783. The van der Waals surface area contributed by atoms with Crippen molar-refractivity contribution in [3.63, 3.8) is 0 Å². The van der Waals surface area contributed by atoms with Crippen LogP contribution in [0.1, 0.15) is 51.9 Å². The lowest BCUT2D eigenvalue weighted by atomic mass is 9.90. The van der Waals surface area contributed by atoms with Crippen LogP contribution < -0.4 is 0 Å². The predicted octanol–water partition coefficient (Wildman–Crippen LogP) is 2.93. The quantitative estimate of drug-likeness (QED) is 0.358. The number of unbranched alkanes of at least 4 members (excludes halogenated alkanes) is 2.